The number of ketones is 3. The van der Waals surface area contributed by atoms with Crippen LogP contribution in [0.4, 0.5) is 0 Å². The van der Waals surface area contributed by atoms with E-state index in [0.717, 1.165) is 62.3 Å². The van der Waals surface area contributed by atoms with E-state index in [2.05, 4.69) is 15.6 Å². The van der Waals surface area contributed by atoms with Crippen molar-refractivity contribution in [2.75, 3.05) is 0 Å². The zero-order valence-electron chi connectivity index (χ0n) is 22.5. The molecular formula is C31H39N3O5. The number of aromatic nitrogens is 1. The van der Waals surface area contributed by atoms with Gasteiger partial charge in [0.15, 0.2) is 5.78 Å². The molecule has 0 radical (unpaired) electrons. The molecule has 0 aliphatic heterocycles. The Morgan fingerprint density at radius 2 is 1.69 bits per heavy atom. The van der Waals surface area contributed by atoms with Gasteiger partial charge in [-0.1, -0.05) is 50.3 Å². The standard InChI is InChI=1S/C31H39N3O5/c35-27-12-6-8-21(27)17-26(29(37)31(39)32-23-9-2-1-3-10-23)34-30(38)22(15-19-13-14-19)18-28(36)25-16-20-7-4-5-11-24(20)33-25/h4-5,7,11,16,19,21-23,26,33H,1-3,6,8-10,12-15,17-18H2,(H,32,39)(H,34,38)/t21-,22+,26-/m0/s1. The molecule has 0 spiro atoms. The van der Waals surface area contributed by atoms with E-state index in [1.807, 2.05) is 24.3 Å². The molecular weight excluding hydrogens is 494 g/mol. The summed E-state index contributed by atoms with van der Waals surface area (Å²) in [6, 6.07) is 8.33. The third kappa shape index (κ3) is 7.02. The number of para-hydroxylation sites is 1. The maximum atomic E-state index is 13.6. The van der Waals surface area contributed by atoms with Crippen LogP contribution < -0.4 is 10.6 Å². The lowest BCUT2D eigenvalue weighted by Crippen LogP contribution is -2.52. The van der Waals surface area contributed by atoms with E-state index >= 15 is 0 Å². The van der Waals surface area contributed by atoms with Crippen LogP contribution in [0.15, 0.2) is 30.3 Å². The fraction of sp³-hybridized carbons (Fsp3) is 0.581. The summed E-state index contributed by atoms with van der Waals surface area (Å²) in [6.07, 6.45) is 9.50. The molecule has 8 heteroatoms. The number of aromatic amines is 1. The van der Waals surface area contributed by atoms with Crippen LogP contribution in [0.2, 0.25) is 0 Å². The summed E-state index contributed by atoms with van der Waals surface area (Å²) in [6.45, 7) is 0. The van der Waals surface area contributed by atoms with Gasteiger partial charge in [-0.05, 0) is 56.6 Å². The molecule has 2 aromatic rings. The molecule has 3 saturated carbocycles. The first-order valence-corrected chi connectivity index (χ1v) is 14.7. The number of carbonyl (C=O) groups excluding carboxylic acids is 5. The Kier molecular flexibility index (Phi) is 8.58. The summed E-state index contributed by atoms with van der Waals surface area (Å²) < 4.78 is 0. The van der Waals surface area contributed by atoms with Gasteiger partial charge in [0.05, 0.1) is 11.7 Å². The number of H-pyrrole nitrogens is 1. The summed E-state index contributed by atoms with van der Waals surface area (Å²) in [4.78, 5) is 68.6. The van der Waals surface area contributed by atoms with Gasteiger partial charge in [0.1, 0.15) is 5.78 Å². The number of nitrogens with one attached hydrogen (secondary N) is 3. The lowest BCUT2D eigenvalue weighted by molar-refractivity contribution is -0.141. The Balaban J connectivity index is 1.29. The zero-order valence-corrected chi connectivity index (χ0v) is 22.5. The largest absolute Gasteiger partial charge is 0.352 e. The van der Waals surface area contributed by atoms with Gasteiger partial charge in [0, 0.05) is 41.6 Å². The van der Waals surface area contributed by atoms with Crippen molar-refractivity contribution in [1.29, 1.82) is 0 Å². The van der Waals surface area contributed by atoms with E-state index in [1.54, 1.807) is 6.07 Å². The second-order valence-electron chi connectivity index (χ2n) is 11.8. The van der Waals surface area contributed by atoms with Gasteiger partial charge < -0.3 is 15.6 Å². The lowest BCUT2D eigenvalue weighted by atomic mass is 9.91. The lowest BCUT2D eigenvalue weighted by Gasteiger charge is -2.26. The third-order valence-corrected chi connectivity index (χ3v) is 8.70. The second kappa shape index (κ2) is 12.3. The summed E-state index contributed by atoms with van der Waals surface area (Å²) in [5, 5.41) is 6.63. The minimum absolute atomic E-state index is 0.0205. The molecule has 3 atom stereocenters. The molecule has 0 saturated heterocycles. The van der Waals surface area contributed by atoms with Gasteiger partial charge in [-0.2, -0.15) is 0 Å². The predicted molar refractivity (Wildman–Crippen MR) is 147 cm³/mol. The number of rotatable bonds is 12. The molecule has 3 fully saturated rings. The van der Waals surface area contributed by atoms with Crippen molar-refractivity contribution < 1.29 is 24.0 Å². The second-order valence-corrected chi connectivity index (χ2v) is 11.8. The van der Waals surface area contributed by atoms with Gasteiger partial charge in [-0.25, -0.2) is 0 Å². The normalized spacial score (nSPS) is 21.4. The molecule has 1 heterocycles. The van der Waals surface area contributed by atoms with Crippen LogP contribution in [-0.4, -0.2) is 46.2 Å². The van der Waals surface area contributed by atoms with Crippen molar-refractivity contribution in [2.45, 2.75) is 95.6 Å². The molecule has 3 N–H and O–H groups in total. The van der Waals surface area contributed by atoms with E-state index in [4.69, 9.17) is 0 Å². The molecule has 208 valence electrons. The average molecular weight is 534 g/mol. The number of hydrogen-bond donors (Lipinski definition) is 3. The minimum atomic E-state index is -1.07. The third-order valence-electron chi connectivity index (χ3n) is 8.70. The van der Waals surface area contributed by atoms with Crippen LogP contribution in [0.5, 0.6) is 0 Å². The molecule has 0 unspecified atom stereocenters. The summed E-state index contributed by atoms with van der Waals surface area (Å²) in [5.74, 6) is -2.40. The maximum Gasteiger partial charge on any atom is 0.289 e. The first-order chi connectivity index (χ1) is 18.9. The molecule has 3 aliphatic rings. The van der Waals surface area contributed by atoms with Gasteiger partial charge in [0.25, 0.3) is 5.91 Å². The summed E-state index contributed by atoms with van der Waals surface area (Å²) in [5.41, 5.74) is 1.32. The van der Waals surface area contributed by atoms with Crippen LogP contribution in [0.1, 0.15) is 94.0 Å². The van der Waals surface area contributed by atoms with Crippen molar-refractivity contribution in [3.8, 4) is 0 Å². The van der Waals surface area contributed by atoms with Crippen LogP contribution in [-0.2, 0) is 19.2 Å². The average Bonchev–Trinajstić information content (AvgIpc) is 3.50. The monoisotopic (exact) mass is 533 g/mol. The van der Waals surface area contributed by atoms with Crippen molar-refractivity contribution >= 4 is 40.1 Å². The van der Waals surface area contributed by atoms with Gasteiger partial charge in [0.2, 0.25) is 11.7 Å². The summed E-state index contributed by atoms with van der Waals surface area (Å²) in [7, 11) is 0. The Bertz CT molecular complexity index is 1210. The van der Waals surface area contributed by atoms with E-state index < -0.39 is 23.7 Å². The predicted octanol–water partition coefficient (Wildman–Crippen LogP) is 4.42. The molecule has 2 amide bonds. The Labute approximate surface area is 229 Å². The molecule has 0 bridgehead atoms. The van der Waals surface area contributed by atoms with Crippen LogP contribution in [0.3, 0.4) is 0 Å². The van der Waals surface area contributed by atoms with E-state index in [1.165, 1.54) is 0 Å². The minimum Gasteiger partial charge on any atom is -0.352 e. The fourth-order valence-electron chi connectivity index (χ4n) is 6.20. The number of Topliss-reactive ketones (excluding diaryl/α,β-unsaturated/α-hetero) is 3. The number of hydrogen-bond acceptors (Lipinski definition) is 5. The first-order valence-electron chi connectivity index (χ1n) is 14.7. The number of fused-ring (bicyclic) bond motifs is 1. The molecule has 5 rings (SSSR count). The SMILES string of the molecule is O=C(NC1CCCCC1)C(=O)[C@H](C[C@@H]1CCCC1=O)NC(=O)[C@@H](CC(=O)c1cc2ccccc2[nH]1)CC1CC1. The van der Waals surface area contributed by atoms with Gasteiger partial charge in [-0.3, -0.25) is 24.0 Å². The Morgan fingerprint density at radius 3 is 2.38 bits per heavy atom. The zero-order chi connectivity index (χ0) is 27.4. The Morgan fingerprint density at radius 1 is 0.923 bits per heavy atom. The van der Waals surface area contributed by atoms with Gasteiger partial charge >= 0.3 is 0 Å². The van der Waals surface area contributed by atoms with E-state index in [0.29, 0.717) is 30.9 Å². The highest BCUT2D eigenvalue weighted by atomic mass is 16.2. The van der Waals surface area contributed by atoms with Crippen molar-refractivity contribution in [3.63, 3.8) is 0 Å². The fourth-order valence-corrected chi connectivity index (χ4v) is 6.20. The smallest absolute Gasteiger partial charge is 0.289 e. The molecule has 39 heavy (non-hydrogen) atoms. The van der Waals surface area contributed by atoms with Crippen molar-refractivity contribution in [3.05, 3.63) is 36.0 Å². The van der Waals surface area contributed by atoms with E-state index in [9.17, 15) is 24.0 Å². The summed E-state index contributed by atoms with van der Waals surface area (Å²) >= 11 is 0. The van der Waals surface area contributed by atoms with Gasteiger partial charge in [-0.15, -0.1) is 0 Å². The topological polar surface area (TPSA) is 125 Å². The van der Waals surface area contributed by atoms with Crippen LogP contribution in [0, 0.1) is 17.8 Å². The molecule has 1 aromatic carbocycles. The molecule has 1 aromatic heterocycles. The highest BCUT2D eigenvalue weighted by Gasteiger charge is 2.37. The molecule has 3 aliphatic carbocycles. The number of benzene rings is 1. The van der Waals surface area contributed by atoms with Crippen LogP contribution in [0.25, 0.3) is 10.9 Å². The molecule has 8 nitrogen and oxygen atoms in total. The Hall–Kier alpha value is -3.29. The quantitative estimate of drug-likeness (QED) is 0.275. The number of amides is 2. The highest BCUT2D eigenvalue weighted by molar-refractivity contribution is 6.38. The number of carbonyl (C=O) groups is 5. The van der Waals surface area contributed by atoms with Crippen LogP contribution >= 0.6 is 0 Å². The highest BCUT2D eigenvalue weighted by Crippen LogP contribution is 2.37. The maximum absolute atomic E-state index is 13.6. The van der Waals surface area contributed by atoms with E-state index in [-0.39, 0.29) is 42.3 Å². The van der Waals surface area contributed by atoms with Crippen molar-refractivity contribution in [1.82, 2.24) is 15.6 Å². The van der Waals surface area contributed by atoms with Crippen molar-refractivity contribution in [2.24, 2.45) is 17.8 Å². The first kappa shape index (κ1) is 27.3.